The Balaban J connectivity index is 1.68. The first-order chi connectivity index (χ1) is 13.8. The average Bonchev–Trinajstić information content (AvgIpc) is 3.18. The molecule has 0 saturated heterocycles. The Bertz CT molecular complexity index is 1090. The van der Waals surface area contributed by atoms with Crippen LogP contribution in [0.4, 0.5) is 5.69 Å². The predicted molar refractivity (Wildman–Crippen MR) is 112 cm³/mol. The van der Waals surface area contributed by atoms with Crippen LogP contribution in [0.25, 0.3) is 0 Å². The number of anilines is 1. The smallest absolute Gasteiger partial charge is 0.262 e. The fraction of sp³-hybridized carbons (Fsp3) is 0.238. The van der Waals surface area contributed by atoms with Gasteiger partial charge in [0.1, 0.15) is 0 Å². The topological polar surface area (TPSA) is 93.1 Å². The molecule has 3 rings (SSSR count). The van der Waals surface area contributed by atoms with Gasteiger partial charge in [0.2, 0.25) is 0 Å². The van der Waals surface area contributed by atoms with E-state index in [1.54, 1.807) is 49.8 Å². The molecule has 3 aromatic rings. The highest BCUT2D eigenvalue weighted by Crippen LogP contribution is 2.21. The zero-order valence-corrected chi connectivity index (χ0v) is 17.2. The first-order valence-electron chi connectivity index (χ1n) is 9.29. The molecule has 0 spiro atoms. The zero-order chi connectivity index (χ0) is 20.9. The van der Waals surface area contributed by atoms with E-state index >= 15 is 0 Å². The number of aryl methyl sites for hydroxylation is 3. The Kier molecular flexibility index (Phi) is 6.33. The Morgan fingerprint density at radius 3 is 2.69 bits per heavy atom. The standard InChI is InChI=1S/C21H24N4O3S/c1-16-5-3-6-19(13-16)24-29(27,28)20-14-18(8-7-17(20)2)21(26)23-9-4-11-25-12-10-22-15-25/h3,5-8,10,12-15,24H,4,9,11H2,1-2H3,(H,23,26). The number of carbonyl (C=O) groups excluding carboxylic acids is 1. The van der Waals surface area contributed by atoms with Crippen LogP contribution in [0.15, 0.2) is 66.1 Å². The van der Waals surface area contributed by atoms with E-state index in [4.69, 9.17) is 0 Å². The third-order valence-electron chi connectivity index (χ3n) is 4.45. The lowest BCUT2D eigenvalue weighted by atomic mass is 10.1. The number of sulfonamides is 1. The molecule has 0 fully saturated rings. The van der Waals surface area contributed by atoms with Gasteiger partial charge in [-0.25, -0.2) is 13.4 Å². The number of aromatic nitrogens is 2. The van der Waals surface area contributed by atoms with Gasteiger partial charge in [-0.05, 0) is 55.7 Å². The molecule has 0 saturated carbocycles. The van der Waals surface area contributed by atoms with Crippen LogP contribution in [0.5, 0.6) is 0 Å². The highest BCUT2D eigenvalue weighted by molar-refractivity contribution is 7.92. The maximum atomic E-state index is 12.8. The molecule has 1 heterocycles. The number of nitrogens with zero attached hydrogens (tertiary/aromatic N) is 2. The molecule has 0 radical (unpaired) electrons. The third-order valence-corrected chi connectivity index (χ3v) is 5.97. The summed E-state index contributed by atoms with van der Waals surface area (Å²) in [5.41, 5.74) is 2.31. The normalized spacial score (nSPS) is 11.2. The van der Waals surface area contributed by atoms with Gasteiger partial charge in [0.25, 0.3) is 15.9 Å². The Hall–Kier alpha value is -3.13. The summed E-state index contributed by atoms with van der Waals surface area (Å²) in [7, 11) is -3.81. The maximum absolute atomic E-state index is 12.8. The summed E-state index contributed by atoms with van der Waals surface area (Å²) in [6, 6.07) is 11.8. The number of imidazole rings is 1. The molecule has 0 bridgehead atoms. The fourth-order valence-electron chi connectivity index (χ4n) is 2.93. The number of nitrogens with one attached hydrogen (secondary N) is 2. The van der Waals surface area contributed by atoms with E-state index in [1.165, 1.54) is 6.07 Å². The molecule has 0 aliphatic rings. The van der Waals surface area contributed by atoms with Crippen molar-refractivity contribution in [1.29, 1.82) is 0 Å². The van der Waals surface area contributed by atoms with Crippen LogP contribution >= 0.6 is 0 Å². The van der Waals surface area contributed by atoms with Crippen LogP contribution < -0.4 is 10.0 Å². The summed E-state index contributed by atoms with van der Waals surface area (Å²) in [5.74, 6) is -0.303. The lowest BCUT2D eigenvalue weighted by Gasteiger charge is -2.13. The van der Waals surface area contributed by atoms with Crippen molar-refractivity contribution in [3.8, 4) is 0 Å². The van der Waals surface area contributed by atoms with Crippen molar-refractivity contribution in [3.05, 3.63) is 77.9 Å². The molecule has 0 atom stereocenters. The van der Waals surface area contributed by atoms with Gasteiger partial charge >= 0.3 is 0 Å². The molecule has 1 aromatic heterocycles. The van der Waals surface area contributed by atoms with E-state index < -0.39 is 10.0 Å². The van der Waals surface area contributed by atoms with Crippen LogP contribution in [0.2, 0.25) is 0 Å². The van der Waals surface area contributed by atoms with Gasteiger partial charge in [-0.3, -0.25) is 9.52 Å². The maximum Gasteiger partial charge on any atom is 0.262 e. The molecule has 1 amide bonds. The third kappa shape index (κ3) is 5.45. The summed E-state index contributed by atoms with van der Waals surface area (Å²) in [6.07, 6.45) is 6.03. The van der Waals surface area contributed by atoms with Gasteiger partial charge in [-0.15, -0.1) is 0 Å². The SMILES string of the molecule is Cc1cccc(NS(=O)(=O)c2cc(C(=O)NCCCn3ccnc3)ccc2C)c1. The van der Waals surface area contributed by atoms with Gasteiger partial charge in [0.05, 0.1) is 11.2 Å². The average molecular weight is 413 g/mol. The first kappa shape index (κ1) is 20.6. The molecular formula is C21H24N4O3S. The molecule has 0 unspecified atom stereocenters. The van der Waals surface area contributed by atoms with Crippen molar-refractivity contribution >= 4 is 21.6 Å². The number of carbonyl (C=O) groups is 1. The lowest BCUT2D eigenvalue weighted by Crippen LogP contribution is -2.25. The number of rotatable bonds is 8. The minimum atomic E-state index is -3.81. The van der Waals surface area contributed by atoms with Crippen LogP contribution in [0, 0.1) is 13.8 Å². The van der Waals surface area contributed by atoms with Crippen molar-refractivity contribution < 1.29 is 13.2 Å². The van der Waals surface area contributed by atoms with Gasteiger partial charge in [-0.2, -0.15) is 0 Å². The van der Waals surface area contributed by atoms with Crippen molar-refractivity contribution in [2.24, 2.45) is 0 Å². The highest BCUT2D eigenvalue weighted by atomic mass is 32.2. The van der Waals surface area contributed by atoms with Gasteiger partial charge < -0.3 is 9.88 Å². The number of amides is 1. The quantitative estimate of drug-likeness (QED) is 0.556. The molecule has 29 heavy (non-hydrogen) atoms. The highest BCUT2D eigenvalue weighted by Gasteiger charge is 2.19. The van der Waals surface area contributed by atoms with Crippen molar-refractivity contribution in [2.45, 2.75) is 31.7 Å². The summed E-state index contributed by atoms with van der Waals surface area (Å²) in [5, 5.41) is 2.83. The Labute approximate surface area is 170 Å². The Morgan fingerprint density at radius 2 is 1.97 bits per heavy atom. The van der Waals surface area contributed by atoms with Gasteiger partial charge in [-0.1, -0.05) is 18.2 Å². The van der Waals surface area contributed by atoms with Gasteiger partial charge in [0.15, 0.2) is 0 Å². The van der Waals surface area contributed by atoms with E-state index in [0.717, 1.165) is 18.5 Å². The second kappa shape index (κ2) is 8.91. The van der Waals surface area contributed by atoms with Crippen LogP contribution in [-0.4, -0.2) is 30.4 Å². The molecule has 2 aromatic carbocycles. The van der Waals surface area contributed by atoms with Crippen LogP contribution in [0.3, 0.4) is 0 Å². The minimum Gasteiger partial charge on any atom is -0.352 e. The Morgan fingerprint density at radius 1 is 1.14 bits per heavy atom. The minimum absolute atomic E-state index is 0.0880. The molecule has 0 aliphatic carbocycles. The number of benzene rings is 2. The van der Waals surface area contributed by atoms with Crippen molar-refractivity contribution in [1.82, 2.24) is 14.9 Å². The van der Waals surface area contributed by atoms with Crippen LogP contribution in [0.1, 0.15) is 27.9 Å². The van der Waals surface area contributed by atoms with E-state index in [1.807, 2.05) is 23.8 Å². The predicted octanol–water partition coefficient (Wildman–Crippen LogP) is 3.12. The molecule has 7 nitrogen and oxygen atoms in total. The van der Waals surface area contributed by atoms with Crippen LogP contribution in [-0.2, 0) is 16.6 Å². The van der Waals surface area contributed by atoms with Crippen molar-refractivity contribution in [3.63, 3.8) is 0 Å². The first-order valence-corrected chi connectivity index (χ1v) is 10.8. The van der Waals surface area contributed by atoms with E-state index in [-0.39, 0.29) is 10.8 Å². The van der Waals surface area contributed by atoms with E-state index in [9.17, 15) is 13.2 Å². The number of hydrogen-bond donors (Lipinski definition) is 2. The lowest BCUT2D eigenvalue weighted by molar-refractivity contribution is 0.0952. The van der Waals surface area contributed by atoms with Crippen molar-refractivity contribution in [2.75, 3.05) is 11.3 Å². The molecular weight excluding hydrogens is 388 g/mol. The summed E-state index contributed by atoms with van der Waals surface area (Å²) in [4.78, 5) is 16.5. The zero-order valence-electron chi connectivity index (χ0n) is 16.4. The number of hydrogen-bond acceptors (Lipinski definition) is 4. The summed E-state index contributed by atoms with van der Waals surface area (Å²) in [6.45, 7) is 4.82. The fourth-order valence-corrected chi connectivity index (χ4v) is 4.26. The van der Waals surface area contributed by atoms with Gasteiger partial charge in [0, 0.05) is 36.7 Å². The largest absolute Gasteiger partial charge is 0.352 e. The summed E-state index contributed by atoms with van der Waals surface area (Å²) >= 11 is 0. The molecule has 8 heteroatoms. The second-order valence-electron chi connectivity index (χ2n) is 6.87. The summed E-state index contributed by atoms with van der Waals surface area (Å²) < 4.78 is 30.2. The molecule has 0 aliphatic heterocycles. The second-order valence-corrected chi connectivity index (χ2v) is 8.52. The van der Waals surface area contributed by atoms with E-state index in [2.05, 4.69) is 15.0 Å². The molecule has 2 N–H and O–H groups in total. The monoisotopic (exact) mass is 412 g/mol. The molecule has 152 valence electrons. The van der Waals surface area contributed by atoms with E-state index in [0.29, 0.717) is 23.4 Å².